The van der Waals surface area contributed by atoms with Crippen LogP contribution >= 0.6 is 0 Å². The number of anilines is 3. The van der Waals surface area contributed by atoms with Crippen LogP contribution in [0.3, 0.4) is 0 Å². The predicted molar refractivity (Wildman–Crippen MR) is 216 cm³/mol. The molecule has 12 aromatic rings. The maximum Gasteiger partial charge on any atom is 0.147 e. The number of hydrogen-bond acceptors (Lipinski definition) is 5. The van der Waals surface area contributed by atoms with E-state index in [2.05, 4.69) is 114 Å². The molecule has 5 nitrogen and oxygen atoms in total. The molecule has 0 unspecified atom stereocenters. The van der Waals surface area contributed by atoms with Crippen molar-refractivity contribution in [1.29, 1.82) is 0 Å². The number of fused-ring (bicyclic) bond motifs is 13. The molecule has 0 saturated carbocycles. The second-order valence-corrected chi connectivity index (χ2v) is 13.6. The summed E-state index contributed by atoms with van der Waals surface area (Å²) in [5, 5.41) is 8.61. The molecule has 5 heteroatoms. The first-order chi connectivity index (χ1) is 26.2. The van der Waals surface area contributed by atoms with E-state index in [4.69, 9.17) is 17.7 Å². The summed E-state index contributed by atoms with van der Waals surface area (Å²) in [5.41, 5.74) is 11.9. The summed E-state index contributed by atoms with van der Waals surface area (Å²) >= 11 is 0. The molecule has 0 fully saturated rings. The van der Waals surface area contributed by atoms with Gasteiger partial charge in [0, 0.05) is 66.9 Å². The van der Waals surface area contributed by atoms with Crippen molar-refractivity contribution in [2.45, 2.75) is 0 Å². The molecular formula is C48H27NO4. The monoisotopic (exact) mass is 681 g/mol. The van der Waals surface area contributed by atoms with Crippen LogP contribution in [0.5, 0.6) is 0 Å². The highest BCUT2D eigenvalue weighted by Gasteiger charge is 2.21. The zero-order valence-electron chi connectivity index (χ0n) is 28.2. The van der Waals surface area contributed by atoms with Crippen molar-refractivity contribution in [2.24, 2.45) is 0 Å². The van der Waals surface area contributed by atoms with Crippen molar-refractivity contribution < 1.29 is 17.7 Å². The summed E-state index contributed by atoms with van der Waals surface area (Å²) < 4.78 is 25.6. The number of rotatable bonds is 4. The van der Waals surface area contributed by atoms with Crippen LogP contribution < -0.4 is 4.90 Å². The van der Waals surface area contributed by atoms with E-state index in [0.29, 0.717) is 0 Å². The second-order valence-electron chi connectivity index (χ2n) is 13.6. The molecule has 0 spiro atoms. The first-order valence-corrected chi connectivity index (χ1v) is 17.7. The number of nitrogens with zero attached hydrogens (tertiary/aromatic N) is 1. The Bertz CT molecular complexity index is 3300. The minimum absolute atomic E-state index is 0.809. The zero-order valence-corrected chi connectivity index (χ0v) is 28.2. The Morgan fingerprint density at radius 1 is 0.302 bits per heavy atom. The molecule has 0 radical (unpaired) electrons. The molecule has 4 heterocycles. The lowest BCUT2D eigenvalue weighted by Crippen LogP contribution is -2.09. The lowest BCUT2D eigenvalue weighted by atomic mass is 9.98. The van der Waals surface area contributed by atoms with Crippen molar-refractivity contribution in [3.8, 4) is 11.1 Å². The summed E-state index contributed by atoms with van der Waals surface area (Å²) in [5.74, 6) is 0. The second kappa shape index (κ2) is 10.6. The van der Waals surface area contributed by atoms with Gasteiger partial charge in [-0.05, 0) is 83.9 Å². The van der Waals surface area contributed by atoms with E-state index in [-0.39, 0.29) is 0 Å². The van der Waals surface area contributed by atoms with Gasteiger partial charge in [0.25, 0.3) is 0 Å². The fourth-order valence-corrected chi connectivity index (χ4v) is 8.27. The Kier molecular flexibility index (Phi) is 5.71. The highest BCUT2D eigenvalue weighted by Crippen LogP contribution is 2.45. The van der Waals surface area contributed by atoms with Gasteiger partial charge in [0.05, 0.1) is 5.39 Å². The normalized spacial score (nSPS) is 12.2. The highest BCUT2D eigenvalue weighted by atomic mass is 16.3. The molecule has 0 aliphatic heterocycles. The van der Waals surface area contributed by atoms with E-state index >= 15 is 0 Å². The molecule has 0 aliphatic rings. The molecule has 0 bridgehead atoms. The number of benzene rings is 8. The molecule has 0 saturated heterocycles. The Morgan fingerprint density at radius 3 is 1.42 bits per heavy atom. The summed E-state index contributed by atoms with van der Waals surface area (Å²) in [6.07, 6.45) is 0. The van der Waals surface area contributed by atoms with E-state index in [1.807, 2.05) is 54.6 Å². The van der Waals surface area contributed by atoms with Crippen LogP contribution in [0.15, 0.2) is 181 Å². The highest BCUT2D eigenvalue weighted by molar-refractivity contribution is 6.24. The number of furan rings is 4. The Morgan fingerprint density at radius 2 is 0.774 bits per heavy atom. The average molecular weight is 682 g/mol. The molecule has 0 aliphatic carbocycles. The van der Waals surface area contributed by atoms with E-state index in [1.54, 1.807) is 0 Å². The van der Waals surface area contributed by atoms with Crippen LogP contribution in [0, 0.1) is 0 Å². The molecule has 0 N–H and O–H groups in total. The van der Waals surface area contributed by atoms with Crippen molar-refractivity contribution in [2.75, 3.05) is 4.90 Å². The zero-order chi connectivity index (χ0) is 34.6. The van der Waals surface area contributed by atoms with Gasteiger partial charge in [0.2, 0.25) is 0 Å². The minimum atomic E-state index is 0.809. The number of hydrogen-bond donors (Lipinski definition) is 0. The van der Waals surface area contributed by atoms with Crippen LogP contribution in [0.4, 0.5) is 17.1 Å². The topological polar surface area (TPSA) is 55.8 Å². The third kappa shape index (κ3) is 4.13. The number of para-hydroxylation sites is 3. The van der Waals surface area contributed by atoms with Crippen molar-refractivity contribution in [1.82, 2.24) is 0 Å². The van der Waals surface area contributed by atoms with Crippen LogP contribution in [0.25, 0.3) is 98.9 Å². The average Bonchev–Trinajstić information content (AvgIpc) is 3.97. The van der Waals surface area contributed by atoms with Gasteiger partial charge in [0.1, 0.15) is 44.7 Å². The van der Waals surface area contributed by atoms with Crippen molar-refractivity contribution >= 4 is 105 Å². The standard InChI is InChI=1S/C48H27NO4/c1-4-12-39-33(8-1)36-22-20-30(26-44(36)50-39)49(31-21-23-37-34-9-2-5-13-40(34)51-45(37)27-31)29-18-16-28(17-19-29)32-11-7-15-42-46(32)47-43(52-42)25-24-38-35-10-3-6-14-41(35)53-48(38)47/h1-27H. The van der Waals surface area contributed by atoms with Crippen LogP contribution in [-0.2, 0) is 0 Å². The first-order valence-electron chi connectivity index (χ1n) is 17.7. The van der Waals surface area contributed by atoms with Gasteiger partial charge in [0.15, 0.2) is 0 Å². The van der Waals surface area contributed by atoms with Gasteiger partial charge in [-0.25, -0.2) is 0 Å². The molecule has 53 heavy (non-hydrogen) atoms. The fourth-order valence-electron chi connectivity index (χ4n) is 8.27. The Labute approximate surface area is 301 Å². The fraction of sp³-hybridized carbons (Fsp3) is 0. The van der Waals surface area contributed by atoms with Crippen molar-refractivity contribution in [3.05, 3.63) is 164 Å². The molecule has 8 aromatic carbocycles. The van der Waals surface area contributed by atoms with E-state index in [0.717, 1.165) is 116 Å². The van der Waals surface area contributed by atoms with E-state index in [9.17, 15) is 0 Å². The van der Waals surface area contributed by atoms with Crippen molar-refractivity contribution in [3.63, 3.8) is 0 Å². The molecular weight excluding hydrogens is 655 g/mol. The summed E-state index contributed by atoms with van der Waals surface area (Å²) in [6.45, 7) is 0. The van der Waals surface area contributed by atoms with Gasteiger partial charge < -0.3 is 22.6 Å². The maximum atomic E-state index is 6.49. The lowest BCUT2D eigenvalue weighted by Gasteiger charge is -2.25. The van der Waals surface area contributed by atoms with Crippen LogP contribution in [0.1, 0.15) is 0 Å². The first kappa shape index (κ1) is 28.5. The maximum absolute atomic E-state index is 6.49. The van der Waals surface area contributed by atoms with Gasteiger partial charge in [-0.3, -0.25) is 0 Å². The minimum Gasteiger partial charge on any atom is -0.456 e. The third-order valence-corrected chi connectivity index (χ3v) is 10.7. The van der Waals surface area contributed by atoms with Gasteiger partial charge in [-0.1, -0.05) is 78.9 Å². The molecule has 4 aromatic heterocycles. The molecule has 0 atom stereocenters. The Balaban J connectivity index is 1.04. The summed E-state index contributed by atoms with van der Waals surface area (Å²) in [7, 11) is 0. The van der Waals surface area contributed by atoms with Gasteiger partial charge >= 0.3 is 0 Å². The molecule has 248 valence electrons. The predicted octanol–water partition coefficient (Wildman–Crippen LogP) is 14.4. The summed E-state index contributed by atoms with van der Waals surface area (Å²) in [6, 6.07) is 56.6. The third-order valence-electron chi connectivity index (χ3n) is 10.7. The van der Waals surface area contributed by atoms with E-state index < -0.39 is 0 Å². The van der Waals surface area contributed by atoms with Gasteiger partial charge in [-0.2, -0.15) is 0 Å². The molecule has 0 amide bonds. The summed E-state index contributed by atoms with van der Waals surface area (Å²) in [4.78, 5) is 2.26. The van der Waals surface area contributed by atoms with Crippen LogP contribution in [-0.4, -0.2) is 0 Å². The Hall–Kier alpha value is -7.24. The van der Waals surface area contributed by atoms with E-state index in [1.165, 1.54) is 0 Å². The quantitative estimate of drug-likeness (QED) is 0.185. The van der Waals surface area contributed by atoms with Crippen LogP contribution in [0.2, 0.25) is 0 Å². The largest absolute Gasteiger partial charge is 0.456 e. The smallest absolute Gasteiger partial charge is 0.147 e. The molecule has 12 rings (SSSR count). The van der Waals surface area contributed by atoms with Gasteiger partial charge in [-0.15, -0.1) is 0 Å². The SMILES string of the molecule is c1ccc2c(c1)oc1cc(N(c3ccc(-c4cccc5oc6ccc7c8ccccc8oc7c6c45)cc3)c3ccc4c(c3)oc3ccccc34)ccc12. The lowest BCUT2D eigenvalue weighted by molar-refractivity contribution is 0.662.